The summed E-state index contributed by atoms with van der Waals surface area (Å²) in [6.07, 6.45) is 1.81. The number of benzene rings is 1. The molecule has 0 aliphatic heterocycles. The summed E-state index contributed by atoms with van der Waals surface area (Å²) in [5.41, 5.74) is 6.07. The van der Waals surface area contributed by atoms with Gasteiger partial charge in [-0.3, -0.25) is 4.21 Å². The zero-order valence-electron chi connectivity index (χ0n) is 9.00. The Morgan fingerprint density at radius 2 is 2.20 bits per heavy atom. The van der Waals surface area contributed by atoms with Gasteiger partial charge in [0.05, 0.1) is 15.7 Å². The topological polar surface area (TPSA) is 43.1 Å². The maximum atomic E-state index is 13.0. The highest BCUT2D eigenvalue weighted by molar-refractivity contribution is 7.85. The second-order valence-electron chi connectivity index (χ2n) is 3.58. The van der Waals surface area contributed by atoms with Crippen LogP contribution in [0.25, 0.3) is 0 Å². The molecule has 0 saturated carbocycles. The van der Waals surface area contributed by atoms with Crippen LogP contribution in [0.1, 0.15) is 26.7 Å². The molecule has 0 amide bonds. The SMILES string of the molecule is CCCC(C)S(=O)c1cc(F)ccc1N. The Hall–Kier alpha value is -0.900. The lowest BCUT2D eigenvalue weighted by Crippen LogP contribution is -2.12. The molecular formula is C11H16FNOS. The smallest absolute Gasteiger partial charge is 0.124 e. The van der Waals surface area contributed by atoms with Crippen molar-refractivity contribution in [1.82, 2.24) is 0 Å². The first-order valence-electron chi connectivity index (χ1n) is 5.01. The fraction of sp³-hybridized carbons (Fsp3) is 0.455. The molecule has 2 atom stereocenters. The lowest BCUT2D eigenvalue weighted by Gasteiger charge is -2.11. The summed E-state index contributed by atoms with van der Waals surface area (Å²) in [5.74, 6) is -0.392. The summed E-state index contributed by atoms with van der Waals surface area (Å²) >= 11 is 0. The molecule has 0 spiro atoms. The molecule has 0 bridgehead atoms. The molecule has 15 heavy (non-hydrogen) atoms. The van der Waals surface area contributed by atoms with E-state index in [-0.39, 0.29) is 5.25 Å². The van der Waals surface area contributed by atoms with Crippen molar-refractivity contribution in [2.45, 2.75) is 36.8 Å². The molecule has 0 heterocycles. The predicted octanol–water partition coefficient (Wildman–Crippen LogP) is 2.70. The van der Waals surface area contributed by atoms with Gasteiger partial charge in [0.1, 0.15) is 5.82 Å². The molecule has 2 unspecified atom stereocenters. The second-order valence-corrected chi connectivity index (χ2v) is 5.42. The Bertz CT molecular complexity index is 368. The van der Waals surface area contributed by atoms with Crippen LogP contribution in [0.3, 0.4) is 0 Å². The summed E-state index contributed by atoms with van der Waals surface area (Å²) in [6.45, 7) is 3.92. The molecule has 2 nitrogen and oxygen atoms in total. The fourth-order valence-corrected chi connectivity index (χ4v) is 2.83. The first-order valence-corrected chi connectivity index (χ1v) is 6.23. The Kier molecular flexibility index (Phi) is 4.27. The maximum Gasteiger partial charge on any atom is 0.124 e. The monoisotopic (exact) mass is 229 g/mol. The molecule has 0 saturated heterocycles. The largest absolute Gasteiger partial charge is 0.398 e. The third-order valence-electron chi connectivity index (χ3n) is 2.25. The van der Waals surface area contributed by atoms with Gasteiger partial charge in [-0.2, -0.15) is 0 Å². The quantitative estimate of drug-likeness (QED) is 0.807. The van der Waals surface area contributed by atoms with E-state index in [0.29, 0.717) is 10.6 Å². The average molecular weight is 229 g/mol. The number of anilines is 1. The lowest BCUT2D eigenvalue weighted by atomic mass is 10.3. The third kappa shape index (κ3) is 3.02. The molecule has 0 radical (unpaired) electrons. The van der Waals surface area contributed by atoms with Gasteiger partial charge in [-0.1, -0.05) is 20.3 Å². The summed E-state index contributed by atoms with van der Waals surface area (Å²) in [7, 11) is -1.21. The third-order valence-corrected chi connectivity index (χ3v) is 4.01. The Morgan fingerprint density at radius 1 is 1.53 bits per heavy atom. The van der Waals surface area contributed by atoms with E-state index in [2.05, 4.69) is 0 Å². The second kappa shape index (κ2) is 5.26. The van der Waals surface area contributed by atoms with E-state index >= 15 is 0 Å². The van der Waals surface area contributed by atoms with E-state index in [1.54, 1.807) is 0 Å². The van der Waals surface area contributed by atoms with E-state index in [4.69, 9.17) is 5.73 Å². The number of halogens is 1. The van der Waals surface area contributed by atoms with Crippen molar-refractivity contribution in [2.75, 3.05) is 5.73 Å². The molecule has 1 aromatic rings. The summed E-state index contributed by atoms with van der Waals surface area (Å²) in [6, 6.07) is 4.00. The van der Waals surface area contributed by atoms with Crippen LogP contribution in [0.5, 0.6) is 0 Å². The van der Waals surface area contributed by atoms with E-state index in [9.17, 15) is 8.60 Å². The van der Waals surface area contributed by atoms with Gasteiger partial charge in [0, 0.05) is 10.9 Å². The van der Waals surface area contributed by atoms with E-state index in [1.807, 2.05) is 13.8 Å². The van der Waals surface area contributed by atoms with E-state index in [0.717, 1.165) is 12.8 Å². The zero-order valence-corrected chi connectivity index (χ0v) is 9.81. The Morgan fingerprint density at radius 3 is 2.80 bits per heavy atom. The van der Waals surface area contributed by atoms with Crippen molar-refractivity contribution in [3.8, 4) is 0 Å². The van der Waals surface area contributed by atoms with Crippen molar-refractivity contribution in [3.63, 3.8) is 0 Å². The molecule has 0 aliphatic carbocycles. The minimum absolute atomic E-state index is 0.0131. The minimum atomic E-state index is -1.21. The van der Waals surface area contributed by atoms with Crippen LogP contribution in [0.2, 0.25) is 0 Å². The number of nitrogen functional groups attached to an aromatic ring is 1. The van der Waals surface area contributed by atoms with Crippen molar-refractivity contribution in [2.24, 2.45) is 0 Å². The molecular weight excluding hydrogens is 213 g/mol. The van der Waals surface area contributed by atoms with Crippen LogP contribution < -0.4 is 5.73 Å². The van der Waals surface area contributed by atoms with Gasteiger partial charge < -0.3 is 5.73 Å². The van der Waals surface area contributed by atoms with Crippen molar-refractivity contribution < 1.29 is 8.60 Å². The molecule has 2 N–H and O–H groups in total. The molecule has 0 aliphatic rings. The standard InChI is InChI=1S/C11H16FNOS/c1-3-4-8(2)15(14)11-7-9(12)5-6-10(11)13/h5-8H,3-4,13H2,1-2H3. The molecule has 84 valence electrons. The van der Waals surface area contributed by atoms with E-state index < -0.39 is 16.6 Å². The van der Waals surface area contributed by atoms with Crippen LogP contribution in [0.4, 0.5) is 10.1 Å². The van der Waals surface area contributed by atoms with Gasteiger partial charge >= 0.3 is 0 Å². The summed E-state index contributed by atoms with van der Waals surface area (Å²) < 4.78 is 24.9. The molecule has 4 heteroatoms. The number of nitrogens with two attached hydrogens (primary N) is 1. The van der Waals surface area contributed by atoms with Crippen LogP contribution >= 0.6 is 0 Å². The molecule has 1 rings (SSSR count). The Labute approximate surface area is 92.1 Å². The van der Waals surface area contributed by atoms with Crippen molar-refractivity contribution in [3.05, 3.63) is 24.0 Å². The highest BCUT2D eigenvalue weighted by Gasteiger charge is 2.15. The van der Waals surface area contributed by atoms with Gasteiger partial charge in [-0.05, 0) is 24.6 Å². The first kappa shape index (κ1) is 12.2. The molecule has 1 aromatic carbocycles. The van der Waals surface area contributed by atoms with Gasteiger partial charge in [-0.15, -0.1) is 0 Å². The minimum Gasteiger partial charge on any atom is -0.398 e. The van der Waals surface area contributed by atoms with E-state index in [1.165, 1.54) is 18.2 Å². The number of rotatable bonds is 4. The van der Waals surface area contributed by atoms with Crippen LogP contribution in [0, 0.1) is 5.82 Å². The predicted molar refractivity (Wildman–Crippen MR) is 61.6 cm³/mol. The van der Waals surface area contributed by atoms with Gasteiger partial charge in [0.25, 0.3) is 0 Å². The fourth-order valence-electron chi connectivity index (χ4n) is 1.41. The van der Waals surface area contributed by atoms with Crippen molar-refractivity contribution >= 4 is 16.5 Å². The zero-order chi connectivity index (χ0) is 11.4. The summed E-state index contributed by atoms with van der Waals surface area (Å²) in [5, 5.41) is 0.0131. The number of hydrogen-bond acceptors (Lipinski definition) is 2. The highest BCUT2D eigenvalue weighted by Crippen LogP contribution is 2.21. The highest BCUT2D eigenvalue weighted by atomic mass is 32.2. The molecule has 0 aromatic heterocycles. The first-order chi connectivity index (χ1) is 7.06. The van der Waals surface area contributed by atoms with Gasteiger partial charge in [0.2, 0.25) is 0 Å². The lowest BCUT2D eigenvalue weighted by molar-refractivity contribution is 0.622. The maximum absolute atomic E-state index is 13.0. The van der Waals surface area contributed by atoms with Gasteiger partial charge in [0.15, 0.2) is 0 Å². The Balaban J connectivity index is 2.95. The van der Waals surface area contributed by atoms with Crippen LogP contribution in [-0.4, -0.2) is 9.46 Å². The van der Waals surface area contributed by atoms with Crippen LogP contribution in [-0.2, 0) is 10.8 Å². The van der Waals surface area contributed by atoms with Gasteiger partial charge in [-0.25, -0.2) is 4.39 Å². The molecule has 0 fully saturated rings. The van der Waals surface area contributed by atoms with Crippen molar-refractivity contribution in [1.29, 1.82) is 0 Å². The summed E-state index contributed by atoms with van der Waals surface area (Å²) in [4.78, 5) is 0.413. The van der Waals surface area contributed by atoms with Crippen LogP contribution in [0.15, 0.2) is 23.1 Å². The number of hydrogen-bond donors (Lipinski definition) is 1. The normalized spacial score (nSPS) is 14.9. The average Bonchev–Trinajstić information content (AvgIpc) is 2.21.